The van der Waals surface area contributed by atoms with Crippen LogP contribution in [0.4, 0.5) is 5.69 Å². The Balaban J connectivity index is 1.61. The molecule has 2 fully saturated rings. The molecule has 2 aliphatic rings. The van der Waals surface area contributed by atoms with Gasteiger partial charge >= 0.3 is 0 Å². The summed E-state index contributed by atoms with van der Waals surface area (Å²) in [5.41, 5.74) is 0.880. The first kappa shape index (κ1) is 23.2. The summed E-state index contributed by atoms with van der Waals surface area (Å²) in [7, 11) is 0. The van der Waals surface area contributed by atoms with Gasteiger partial charge in [-0.05, 0) is 85.5 Å². The van der Waals surface area contributed by atoms with Gasteiger partial charge in [-0.2, -0.15) is 0 Å². The number of hydrogen-bond acceptors (Lipinski definition) is 2. The van der Waals surface area contributed by atoms with Crippen molar-refractivity contribution in [1.82, 2.24) is 0 Å². The maximum absolute atomic E-state index is 13.0. The molecule has 6 unspecified atom stereocenters. The van der Waals surface area contributed by atoms with Gasteiger partial charge in [0.1, 0.15) is 11.9 Å². The highest BCUT2D eigenvalue weighted by Gasteiger charge is 2.35. The molecule has 0 heterocycles. The van der Waals surface area contributed by atoms with Crippen LogP contribution in [0.5, 0.6) is 5.75 Å². The van der Waals surface area contributed by atoms with Crippen LogP contribution in [-0.4, -0.2) is 12.0 Å². The van der Waals surface area contributed by atoms with Gasteiger partial charge in [-0.15, -0.1) is 0 Å². The first-order chi connectivity index (χ1) is 14.2. The van der Waals surface area contributed by atoms with Crippen LogP contribution in [0, 0.1) is 41.4 Å². The van der Waals surface area contributed by atoms with Gasteiger partial charge in [0, 0.05) is 11.6 Å². The van der Waals surface area contributed by atoms with Crippen LogP contribution in [0.2, 0.25) is 0 Å². The standard InChI is InChI=1S/C27H43NO2/c1-17(2)23-13-7-19(5)15-25(23)27(29)28-21-9-11-22(12-10-21)30-26-16-20(6)8-14-24(26)18(3)4/h9-12,17-20,23-26H,7-8,13-16H2,1-6H3,(H,28,29). The fourth-order valence-electron chi connectivity index (χ4n) is 5.78. The van der Waals surface area contributed by atoms with Crippen molar-refractivity contribution in [1.29, 1.82) is 0 Å². The normalized spacial score (nSPS) is 32.3. The molecule has 2 aliphatic carbocycles. The van der Waals surface area contributed by atoms with E-state index in [0.717, 1.165) is 30.2 Å². The fourth-order valence-corrected chi connectivity index (χ4v) is 5.78. The maximum Gasteiger partial charge on any atom is 0.227 e. The summed E-state index contributed by atoms with van der Waals surface area (Å²) in [5.74, 6) is 4.92. The Hall–Kier alpha value is -1.51. The highest BCUT2D eigenvalue weighted by Crippen LogP contribution is 2.39. The minimum Gasteiger partial charge on any atom is -0.490 e. The summed E-state index contributed by atoms with van der Waals surface area (Å²) < 4.78 is 6.43. The molecule has 1 N–H and O–H groups in total. The predicted octanol–water partition coefficient (Wildman–Crippen LogP) is 7.17. The van der Waals surface area contributed by atoms with Crippen LogP contribution in [0.15, 0.2) is 24.3 Å². The molecular weight excluding hydrogens is 370 g/mol. The zero-order valence-electron chi connectivity index (χ0n) is 20.0. The van der Waals surface area contributed by atoms with E-state index in [1.165, 1.54) is 25.7 Å². The molecule has 30 heavy (non-hydrogen) atoms. The Morgan fingerprint density at radius 1 is 0.867 bits per heavy atom. The Labute approximate surface area is 184 Å². The Bertz CT molecular complexity index is 681. The number of rotatable bonds is 6. The van der Waals surface area contributed by atoms with Gasteiger partial charge in [0.25, 0.3) is 0 Å². The predicted molar refractivity (Wildman–Crippen MR) is 126 cm³/mol. The minimum absolute atomic E-state index is 0.125. The van der Waals surface area contributed by atoms with Crippen LogP contribution in [0.1, 0.15) is 80.1 Å². The van der Waals surface area contributed by atoms with E-state index in [4.69, 9.17) is 4.74 Å². The summed E-state index contributed by atoms with van der Waals surface area (Å²) in [6, 6.07) is 8.05. The first-order valence-corrected chi connectivity index (χ1v) is 12.3. The van der Waals surface area contributed by atoms with Crippen molar-refractivity contribution in [2.45, 2.75) is 86.2 Å². The highest BCUT2D eigenvalue weighted by atomic mass is 16.5. The lowest BCUT2D eigenvalue weighted by molar-refractivity contribution is -0.123. The van der Waals surface area contributed by atoms with E-state index in [0.29, 0.717) is 35.7 Å². The van der Waals surface area contributed by atoms with Crippen LogP contribution >= 0.6 is 0 Å². The molecule has 2 saturated carbocycles. The molecule has 0 saturated heterocycles. The van der Waals surface area contributed by atoms with Crippen LogP contribution in [0.3, 0.4) is 0 Å². The third-order valence-corrected chi connectivity index (χ3v) is 7.73. The molecule has 1 amide bonds. The van der Waals surface area contributed by atoms with E-state index >= 15 is 0 Å². The highest BCUT2D eigenvalue weighted by molar-refractivity contribution is 5.92. The molecule has 1 aromatic carbocycles. The Morgan fingerprint density at radius 3 is 2.03 bits per heavy atom. The third kappa shape index (κ3) is 5.80. The summed E-state index contributed by atoms with van der Waals surface area (Å²) in [4.78, 5) is 13.0. The molecule has 3 nitrogen and oxygen atoms in total. The van der Waals surface area contributed by atoms with E-state index in [2.05, 4.69) is 46.9 Å². The summed E-state index contributed by atoms with van der Waals surface area (Å²) >= 11 is 0. The number of ether oxygens (including phenoxy) is 1. The van der Waals surface area contributed by atoms with E-state index in [1.54, 1.807) is 0 Å². The lowest BCUT2D eigenvalue weighted by atomic mass is 9.70. The summed E-state index contributed by atoms with van der Waals surface area (Å²) in [6.07, 6.45) is 7.42. The largest absolute Gasteiger partial charge is 0.490 e. The fraction of sp³-hybridized carbons (Fsp3) is 0.741. The molecule has 0 aromatic heterocycles. The number of carbonyl (C=O) groups is 1. The molecule has 0 bridgehead atoms. The molecule has 168 valence electrons. The monoisotopic (exact) mass is 413 g/mol. The van der Waals surface area contributed by atoms with Gasteiger partial charge < -0.3 is 10.1 Å². The molecule has 0 aliphatic heterocycles. The van der Waals surface area contributed by atoms with Crippen molar-refractivity contribution >= 4 is 11.6 Å². The number of carbonyl (C=O) groups excluding carboxylic acids is 1. The minimum atomic E-state index is 0.125. The van der Waals surface area contributed by atoms with E-state index in [-0.39, 0.29) is 11.8 Å². The smallest absolute Gasteiger partial charge is 0.227 e. The zero-order valence-corrected chi connectivity index (χ0v) is 20.0. The van der Waals surface area contributed by atoms with Crippen molar-refractivity contribution in [2.24, 2.45) is 41.4 Å². The number of benzene rings is 1. The Kier molecular flexibility index (Phi) is 7.87. The topological polar surface area (TPSA) is 38.3 Å². The van der Waals surface area contributed by atoms with E-state index in [1.807, 2.05) is 24.3 Å². The molecule has 0 radical (unpaired) electrons. The number of hydrogen-bond donors (Lipinski definition) is 1. The SMILES string of the molecule is CC1CCC(C(C)C)C(Oc2ccc(NC(=O)C3CC(C)CCC3C(C)C)cc2)C1. The molecular formula is C27H43NO2. The second-order valence-corrected chi connectivity index (χ2v) is 10.9. The first-order valence-electron chi connectivity index (χ1n) is 12.3. The Morgan fingerprint density at radius 2 is 1.43 bits per heavy atom. The van der Waals surface area contributed by atoms with E-state index in [9.17, 15) is 4.79 Å². The lowest BCUT2D eigenvalue weighted by Crippen LogP contribution is -2.36. The molecule has 6 atom stereocenters. The van der Waals surface area contributed by atoms with Gasteiger partial charge in [0.2, 0.25) is 5.91 Å². The van der Waals surface area contributed by atoms with Crippen molar-refractivity contribution in [3.05, 3.63) is 24.3 Å². The van der Waals surface area contributed by atoms with Crippen LogP contribution in [0.25, 0.3) is 0 Å². The molecule has 3 rings (SSSR count). The quantitative estimate of drug-likeness (QED) is 0.536. The molecule has 1 aromatic rings. The van der Waals surface area contributed by atoms with Gasteiger partial charge in [0.05, 0.1) is 0 Å². The summed E-state index contributed by atoms with van der Waals surface area (Å²) in [6.45, 7) is 13.7. The number of nitrogens with one attached hydrogen (secondary N) is 1. The van der Waals surface area contributed by atoms with Crippen molar-refractivity contribution in [3.8, 4) is 5.75 Å². The second kappa shape index (κ2) is 10.2. The number of amides is 1. The molecule has 0 spiro atoms. The lowest BCUT2D eigenvalue weighted by Gasteiger charge is -2.37. The number of anilines is 1. The van der Waals surface area contributed by atoms with Gasteiger partial charge in [-0.25, -0.2) is 0 Å². The van der Waals surface area contributed by atoms with Gasteiger partial charge in [-0.1, -0.05) is 54.4 Å². The van der Waals surface area contributed by atoms with E-state index < -0.39 is 0 Å². The van der Waals surface area contributed by atoms with Crippen LogP contribution < -0.4 is 10.1 Å². The third-order valence-electron chi connectivity index (χ3n) is 7.73. The van der Waals surface area contributed by atoms with Gasteiger partial charge in [0.15, 0.2) is 0 Å². The average Bonchev–Trinajstić information content (AvgIpc) is 2.69. The zero-order chi connectivity index (χ0) is 21.8. The second-order valence-electron chi connectivity index (χ2n) is 10.9. The molecule has 3 heteroatoms. The van der Waals surface area contributed by atoms with Gasteiger partial charge in [-0.3, -0.25) is 4.79 Å². The van der Waals surface area contributed by atoms with Crippen molar-refractivity contribution in [2.75, 3.05) is 5.32 Å². The van der Waals surface area contributed by atoms with Crippen LogP contribution in [-0.2, 0) is 4.79 Å². The van der Waals surface area contributed by atoms with Crippen molar-refractivity contribution in [3.63, 3.8) is 0 Å². The van der Waals surface area contributed by atoms with Crippen molar-refractivity contribution < 1.29 is 9.53 Å². The summed E-state index contributed by atoms with van der Waals surface area (Å²) in [5, 5.41) is 3.19. The average molecular weight is 414 g/mol. The maximum atomic E-state index is 13.0.